The number of nitriles is 1. The van der Waals surface area contributed by atoms with Gasteiger partial charge in [-0.1, -0.05) is 54.6 Å². The van der Waals surface area contributed by atoms with Crippen molar-refractivity contribution in [3.63, 3.8) is 0 Å². The number of hydrogen-bond acceptors (Lipinski definition) is 3. The zero-order valence-corrected chi connectivity index (χ0v) is 17.3. The standard InChI is InChI=1S/C24H17N3O.BrH/c25-14-17-8-2-1-7-16(17)13-21-19-10-4-3-9-18(19)15-27-22-12-6-5-11-20(22)24(28)26-23(21)27;/h1-12,21H,13,15H2;1H. The molecule has 29 heavy (non-hydrogen) atoms. The van der Waals surface area contributed by atoms with Crippen molar-refractivity contribution in [2.75, 3.05) is 0 Å². The average molecular weight is 444 g/mol. The summed E-state index contributed by atoms with van der Waals surface area (Å²) in [5.41, 5.74) is 4.76. The lowest BCUT2D eigenvalue weighted by Crippen LogP contribution is -2.28. The van der Waals surface area contributed by atoms with Crippen molar-refractivity contribution in [1.82, 2.24) is 9.55 Å². The molecule has 1 aliphatic rings. The lowest BCUT2D eigenvalue weighted by atomic mass is 9.84. The van der Waals surface area contributed by atoms with E-state index in [0.29, 0.717) is 23.9 Å². The van der Waals surface area contributed by atoms with Gasteiger partial charge in [-0.3, -0.25) is 4.79 Å². The molecule has 4 aromatic rings. The molecule has 1 aromatic heterocycles. The van der Waals surface area contributed by atoms with E-state index in [-0.39, 0.29) is 28.5 Å². The molecule has 0 bridgehead atoms. The van der Waals surface area contributed by atoms with Gasteiger partial charge < -0.3 is 4.57 Å². The van der Waals surface area contributed by atoms with Gasteiger partial charge in [0.2, 0.25) is 0 Å². The number of nitrogens with zero attached hydrogens (tertiary/aromatic N) is 3. The number of fused-ring (bicyclic) bond motifs is 4. The minimum atomic E-state index is -0.195. The molecule has 3 aromatic carbocycles. The Morgan fingerprint density at radius 3 is 2.59 bits per heavy atom. The van der Waals surface area contributed by atoms with Crippen LogP contribution < -0.4 is 5.56 Å². The van der Waals surface area contributed by atoms with E-state index < -0.39 is 0 Å². The largest absolute Gasteiger partial charge is 0.324 e. The fourth-order valence-corrected chi connectivity index (χ4v) is 4.23. The van der Waals surface area contributed by atoms with E-state index in [1.807, 2.05) is 60.7 Å². The highest BCUT2D eigenvalue weighted by Crippen LogP contribution is 2.36. The lowest BCUT2D eigenvalue weighted by molar-refractivity contribution is 0.603. The molecule has 1 atom stereocenters. The summed E-state index contributed by atoms with van der Waals surface area (Å²) in [6.07, 6.45) is 0.630. The first kappa shape index (κ1) is 19.1. The van der Waals surface area contributed by atoms with Crippen molar-refractivity contribution >= 4 is 27.9 Å². The maximum atomic E-state index is 12.7. The van der Waals surface area contributed by atoms with E-state index in [0.717, 1.165) is 16.9 Å². The highest BCUT2D eigenvalue weighted by atomic mass is 79.9. The predicted molar refractivity (Wildman–Crippen MR) is 119 cm³/mol. The molecule has 0 saturated carbocycles. The maximum absolute atomic E-state index is 12.7. The third-order valence-corrected chi connectivity index (χ3v) is 5.55. The fourth-order valence-electron chi connectivity index (χ4n) is 4.23. The average Bonchev–Trinajstić information content (AvgIpc) is 2.75. The molecule has 0 spiro atoms. The Hall–Kier alpha value is -3.23. The molecule has 0 aliphatic carbocycles. The van der Waals surface area contributed by atoms with E-state index in [4.69, 9.17) is 0 Å². The van der Waals surface area contributed by atoms with Crippen molar-refractivity contribution < 1.29 is 0 Å². The van der Waals surface area contributed by atoms with Crippen LogP contribution in [0.25, 0.3) is 10.9 Å². The van der Waals surface area contributed by atoms with Crippen LogP contribution in [0.5, 0.6) is 0 Å². The summed E-state index contributed by atoms with van der Waals surface area (Å²) in [6, 6.07) is 25.9. The molecule has 5 heteroatoms. The number of para-hydroxylation sites is 1. The van der Waals surface area contributed by atoms with E-state index in [2.05, 4.69) is 27.8 Å². The zero-order valence-electron chi connectivity index (χ0n) is 15.6. The summed E-state index contributed by atoms with van der Waals surface area (Å²) >= 11 is 0. The van der Waals surface area contributed by atoms with Gasteiger partial charge in [0, 0.05) is 12.5 Å². The number of halogens is 1. The van der Waals surface area contributed by atoms with Crippen LogP contribution in [0.15, 0.2) is 77.6 Å². The van der Waals surface area contributed by atoms with E-state index >= 15 is 0 Å². The Labute approximate surface area is 178 Å². The second kappa shape index (κ2) is 7.65. The summed E-state index contributed by atoms with van der Waals surface area (Å²) < 4.78 is 2.15. The van der Waals surface area contributed by atoms with Crippen LogP contribution >= 0.6 is 17.0 Å². The molecular weight excluding hydrogens is 426 g/mol. The van der Waals surface area contributed by atoms with Gasteiger partial charge in [0.25, 0.3) is 5.56 Å². The van der Waals surface area contributed by atoms with Gasteiger partial charge in [0.15, 0.2) is 0 Å². The highest BCUT2D eigenvalue weighted by molar-refractivity contribution is 8.93. The van der Waals surface area contributed by atoms with Gasteiger partial charge in [-0.05, 0) is 41.3 Å². The van der Waals surface area contributed by atoms with Crippen LogP contribution in [0, 0.1) is 11.3 Å². The van der Waals surface area contributed by atoms with Gasteiger partial charge in [-0.2, -0.15) is 10.2 Å². The number of aromatic nitrogens is 2. The quantitative estimate of drug-likeness (QED) is 0.455. The molecule has 2 heterocycles. The molecule has 4 nitrogen and oxygen atoms in total. The molecule has 1 aliphatic heterocycles. The van der Waals surface area contributed by atoms with Gasteiger partial charge in [0.1, 0.15) is 5.82 Å². The molecule has 0 fully saturated rings. The Kier molecular flexibility index (Phi) is 5.04. The summed E-state index contributed by atoms with van der Waals surface area (Å²) in [7, 11) is 0. The van der Waals surface area contributed by atoms with Crippen LogP contribution in [0.1, 0.15) is 34.0 Å². The first-order chi connectivity index (χ1) is 13.8. The van der Waals surface area contributed by atoms with Crippen LogP contribution in [0.3, 0.4) is 0 Å². The minimum absolute atomic E-state index is 0. The first-order valence-electron chi connectivity index (χ1n) is 9.31. The zero-order chi connectivity index (χ0) is 19.1. The Bertz CT molecular complexity index is 1320. The van der Waals surface area contributed by atoms with Crippen molar-refractivity contribution in [2.45, 2.75) is 18.9 Å². The van der Waals surface area contributed by atoms with E-state index in [1.54, 1.807) is 0 Å². The smallest absolute Gasteiger partial charge is 0.280 e. The number of benzene rings is 3. The number of hydrogen-bond donors (Lipinski definition) is 0. The van der Waals surface area contributed by atoms with Gasteiger partial charge in [-0.15, -0.1) is 17.0 Å². The molecular formula is C24H18BrN3O. The Balaban J connectivity index is 0.00000205. The molecule has 0 radical (unpaired) electrons. The predicted octanol–water partition coefficient (Wildman–Crippen LogP) is 4.58. The number of rotatable bonds is 2. The lowest BCUT2D eigenvalue weighted by Gasteiger charge is -2.30. The van der Waals surface area contributed by atoms with E-state index in [1.165, 1.54) is 11.1 Å². The topological polar surface area (TPSA) is 58.7 Å². The molecule has 0 amide bonds. The summed E-state index contributed by atoms with van der Waals surface area (Å²) in [4.78, 5) is 17.2. The van der Waals surface area contributed by atoms with Gasteiger partial charge in [0.05, 0.1) is 22.5 Å². The van der Waals surface area contributed by atoms with E-state index in [9.17, 15) is 10.1 Å². The van der Waals surface area contributed by atoms with Crippen LogP contribution in [0.4, 0.5) is 0 Å². The molecule has 0 N–H and O–H groups in total. The van der Waals surface area contributed by atoms with Crippen LogP contribution in [-0.4, -0.2) is 9.55 Å². The summed E-state index contributed by atoms with van der Waals surface area (Å²) in [5, 5.41) is 10.1. The normalized spacial score (nSPS) is 14.4. The van der Waals surface area contributed by atoms with Gasteiger partial charge in [-0.25, -0.2) is 0 Å². The minimum Gasteiger partial charge on any atom is -0.324 e. The molecule has 1 unspecified atom stereocenters. The van der Waals surface area contributed by atoms with Crippen molar-refractivity contribution in [3.8, 4) is 6.07 Å². The Morgan fingerprint density at radius 1 is 1.00 bits per heavy atom. The Morgan fingerprint density at radius 2 is 1.72 bits per heavy atom. The fraction of sp³-hybridized carbons (Fsp3) is 0.125. The monoisotopic (exact) mass is 443 g/mol. The van der Waals surface area contributed by atoms with Crippen LogP contribution in [0.2, 0.25) is 0 Å². The molecule has 0 saturated heterocycles. The summed E-state index contributed by atoms with van der Waals surface area (Å²) in [6.45, 7) is 0.690. The second-order valence-corrected chi connectivity index (χ2v) is 7.10. The van der Waals surface area contributed by atoms with Gasteiger partial charge >= 0.3 is 0 Å². The molecule has 142 valence electrons. The molecule has 5 rings (SSSR count). The summed E-state index contributed by atoms with van der Waals surface area (Å²) in [5.74, 6) is 0.701. The van der Waals surface area contributed by atoms with Crippen LogP contribution in [-0.2, 0) is 13.0 Å². The van der Waals surface area contributed by atoms with Crippen molar-refractivity contribution in [3.05, 3.63) is 111 Å². The highest BCUT2D eigenvalue weighted by Gasteiger charge is 2.29. The second-order valence-electron chi connectivity index (χ2n) is 7.10. The SMILES string of the molecule is Br.N#Cc1ccccc1CC1c2ccccc2Cn2c1nc(=O)c1ccccc12. The van der Waals surface area contributed by atoms with Crippen molar-refractivity contribution in [2.24, 2.45) is 0 Å². The maximum Gasteiger partial charge on any atom is 0.280 e. The third-order valence-electron chi connectivity index (χ3n) is 5.55. The van der Waals surface area contributed by atoms with Crippen molar-refractivity contribution in [1.29, 1.82) is 5.26 Å². The first-order valence-corrected chi connectivity index (χ1v) is 9.31. The third kappa shape index (κ3) is 3.16.